The zero-order chi connectivity index (χ0) is 15.0. The molecule has 0 spiro atoms. The van der Waals surface area contributed by atoms with Crippen molar-refractivity contribution >= 4 is 17.5 Å². The third-order valence-corrected chi connectivity index (χ3v) is 5.28. The molecule has 0 unspecified atom stereocenters. The van der Waals surface area contributed by atoms with Crippen LogP contribution < -0.4 is 5.32 Å². The van der Waals surface area contributed by atoms with E-state index in [1.165, 1.54) is 25.0 Å². The molecular formula is C16H20ClFN2O. The van der Waals surface area contributed by atoms with Crippen LogP contribution in [-0.2, 0) is 0 Å². The molecule has 2 aliphatic heterocycles. The number of nitrogens with zero attached hydrogens (tertiary/aromatic N) is 1. The predicted molar refractivity (Wildman–Crippen MR) is 81.3 cm³/mol. The van der Waals surface area contributed by atoms with E-state index in [4.69, 9.17) is 11.6 Å². The number of rotatable bonds is 3. The SMILES string of the molecule is Cc1c(F)ccc(Cl)c1C(=O)NCC12CCCN1CCC2. The van der Waals surface area contributed by atoms with Gasteiger partial charge in [0.05, 0.1) is 10.6 Å². The molecule has 1 N–H and O–H groups in total. The zero-order valence-electron chi connectivity index (χ0n) is 12.2. The highest BCUT2D eigenvalue weighted by atomic mass is 35.5. The Labute approximate surface area is 129 Å². The first kappa shape index (κ1) is 14.8. The normalized spacial score (nSPS) is 20.5. The van der Waals surface area contributed by atoms with Gasteiger partial charge in [-0.25, -0.2) is 4.39 Å². The molecule has 1 amide bonds. The molecule has 21 heavy (non-hydrogen) atoms. The van der Waals surface area contributed by atoms with E-state index >= 15 is 0 Å². The van der Waals surface area contributed by atoms with E-state index in [1.54, 1.807) is 6.92 Å². The largest absolute Gasteiger partial charge is 0.350 e. The molecule has 0 atom stereocenters. The second kappa shape index (κ2) is 5.58. The molecule has 0 aliphatic carbocycles. The minimum Gasteiger partial charge on any atom is -0.350 e. The number of benzene rings is 1. The number of carbonyl (C=O) groups is 1. The molecule has 2 fully saturated rings. The number of halogens is 2. The second-order valence-corrected chi connectivity index (χ2v) is 6.54. The highest BCUT2D eigenvalue weighted by Gasteiger charge is 2.44. The molecule has 2 heterocycles. The summed E-state index contributed by atoms with van der Waals surface area (Å²) in [5.74, 6) is -0.670. The number of amides is 1. The lowest BCUT2D eigenvalue weighted by Crippen LogP contribution is -2.48. The molecule has 0 aromatic heterocycles. The van der Waals surface area contributed by atoms with E-state index in [2.05, 4.69) is 10.2 Å². The van der Waals surface area contributed by atoms with Gasteiger partial charge >= 0.3 is 0 Å². The van der Waals surface area contributed by atoms with E-state index in [9.17, 15) is 9.18 Å². The Balaban J connectivity index is 1.74. The summed E-state index contributed by atoms with van der Waals surface area (Å²) in [6.07, 6.45) is 4.64. The van der Waals surface area contributed by atoms with Crippen LogP contribution in [0.5, 0.6) is 0 Å². The number of fused-ring (bicyclic) bond motifs is 1. The van der Waals surface area contributed by atoms with Crippen molar-refractivity contribution in [3.63, 3.8) is 0 Å². The Morgan fingerprint density at radius 2 is 2.05 bits per heavy atom. The van der Waals surface area contributed by atoms with Gasteiger partial charge in [-0.15, -0.1) is 0 Å². The molecule has 0 saturated carbocycles. The standard InChI is InChI=1S/C16H20ClFN2O/c1-11-13(18)5-4-12(17)14(11)15(21)19-10-16-6-2-8-20(16)9-3-7-16/h4-5H,2-3,6-10H2,1H3,(H,19,21). The zero-order valence-corrected chi connectivity index (χ0v) is 13.0. The topological polar surface area (TPSA) is 32.3 Å². The van der Waals surface area contributed by atoms with Crippen LogP contribution in [0.1, 0.15) is 41.6 Å². The lowest BCUT2D eigenvalue weighted by molar-refractivity contribution is 0.0918. The van der Waals surface area contributed by atoms with Crippen molar-refractivity contribution in [1.82, 2.24) is 10.2 Å². The highest BCUT2D eigenvalue weighted by molar-refractivity contribution is 6.34. The van der Waals surface area contributed by atoms with Gasteiger partial charge in [-0.3, -0.25) is 9.69 Å². The summed E-state index contributed by atoms with van der Waals surface area (Å²) >= 11 is 6.06. The van der Waals surface area contributed by atoms with Gasteiger partial charge < -0.3 is 5.32 Å². The van der Waals surface area contributed by atoms with Crippen LogP contribution in [0.25, 0.3) is 0 Å². The molecule has 3 rings (SSSR count). The van der Waals surface area contributed by atoms with Gasteiger partial charge in [0.25, 0.3) is 5.91 Å². The van der Waals surface area contributed by atoms with E-state index in [0.717, 1.165) is 25.9 Å². The van der Waals surface area contributed by atoms with Crippen molar-refractivity contribution in [3.8, 4) is 0 Å². The summed E-state index contributed by atoms with van der Waals surface area (Å²) < 4.78 is 13.6. The fourth-order valence-corrected chi connectivity index (χ4v) is 4.07. The maximum absolute atomic E-state index is 13.6. The van der Waals surface area contributed by atoms with E-state index < -0.39 is 5.82 Å². The van der Waals surface area contributed by atoms with Crippen LogP contribution >= 0.6 is 11.6 Å². The van der Waals surface area contributed by atoms with Crippen molar-refractivity contribution < 1.29 is 9.18 Å². The van der Waals surface area contributed by atoms with Crippen molar-refractivity contribution in [2.24, 2.45) is 0 Å². The number of hydrogen-bond acceptors (Lipinski definition) is 2. The van der Waals surface area contributed by atoms with Gasteiger partial charge in [-0.05, 0) is 63.4 Å². The number of carbonyl (C=O) groups excluding carboxylic acids is 1. The van der Waals surface area contributed by atoms with Crippen molar-refractivity contribution in [2.75, 3.05) is 19.6 Å². The van der Waals surface area contributed by atoms with Gasteiger partial charge in [0.15, 0.2) is 0 Å². The molecule has 0 bridgehead atoms. The molecule has 3 nitrogen and oxygen atoms in total. The Kier molecular flexibility index (Phi) is 3.93. The van der Waals surface area contributed by atoms with Crippen LogP contribution in [0.4, 0.5) is 4.39 Å². The van der Waals surface area contributed by atoms with Crippen LogP contribution in [-0.4, -0.2) is 36.0 Å². The van der Waals surface area contributed by atoms with E-state index in [0.29, 0.717) is 17.1 Å². The predicted octanol–water partition coefficient (Wildman–Crippen LogP) is 3.15. The number of nitrogens with one attached hydrogen (secondary N) is 1. The first-order valence-corrected chi connectivity index (χ1v) is 7.89. The highest BCUT2D eigenvalue weighted by Crippen LogP contribution is 2.38. The van der Waals surface area contributed by atoms with Crippen LogP contribution in [0.2, 0.25) is 5.02 Å². The molecule has 114 valence electrons. The maximum atomic E-state index is 13.6. The van der Waals surface area contributed by atoms with Crippen LogP contribution in [0.3, 0.4) is 0 Å². The van der Waals surface area contributed by atoms with Gasteiger partial charge in [0, 0.05) is 12.1 Å². The average molecular weight is 311 g/mol. The lowest BCUT2D eigenvalue weighted by atomic mass is 9.94. The van der Waals surface area contributed by atoms with Crippen LogP contribution in [0.15, 0.2) is 12.1 Å². The van der Waals surface area contributed by atoms with Crippen LogP contribution in [0, 0.1) is 12.7 Å². The molecule has 5 heteroatoms. The minimum atomic E-state index is -0.397. The summed E-state index contributed by atoms with van der Waals surface area (Å²) in [4.78, 5) is 14.9. The first-order valence-electron chi connectivity index (χ1n) is 7.51. The third kappa shape index (κ3) is 2.55. The first-order chi connectivity index (χ1) is 10.0. The molecule has 0 radical (unpaired) electrons. The Morgan fingerprint density at radius 1 is 1.38 bits per heavy atom. The quantitative estimate of drug-likeness (QED) is 0.930. The van der Waals surface area contributed by atoms with Crippen molar-refractivity contribution in [3.05, 3.63) is 34.1 Å². The van der Waals surface area contributed by atoms with Crippen molar-refractivity contribution in [1.29, 1.82) is 0 Å². The van der Waals surface area contributed by atoms with Gasteiger partial charge in [0.1, 0.15) is 5.82 Å². The summed E-state index contributed by atoms with van der Waals surface area (Å²) in [5, 5.41) is 3.28. The fourth-order valence-electron chi connectivity index (χ4n) is 3.78. The van der Waals surface area contributed by atoms with Gasteiger partial charge in [-0.2, -0.15) is 0 Å². The second-order valence-electron chi connectivity index (χ2n) is 6.13. The van der Waals surface area contributed by atoms with E-state index in [1.807, 2.05) is 0 Å². The Bertz CT molecular complexity index is 566. The molecule has 1 aromatic rings. The number of hydrogen-bond donors (Lipinski definition) is 1. The smallest absolute Gasteiger partial charge is 0.253 e. The average Bonchev–Trinajstić information content (AvgIpc) is 3.01. The molecular weight excluding hydrogens is 291 g/mol. The summed E-state index contributed by atoms with van der Waals surface area (Å²) in [7, 11) is 0. The Morgan fingerprint density at radius 3 is 2.71 bits per heavy atom. The minimum absolute atomic E-state index is 0.114. The molecule has 2 aliphatic rings. The molecule has 1 aromatic carbocycles. The fraction of sp³-hybridized carbons (Fsp3) is 0.562. The molecule has 2 saturated heterocycles. The van der Waals surface area contributed by atoms with E-state index in [-0.39, 0.29) is 17.0 Å². The van der Waals surface area contributed by atoms with Crippen molar-refractivity contribution in [2.45, 2.75) is 38.1 Å². The van der Waals surface area contributed by atoms with Gasteiger partial charge in [-0.1, -0.05) is 11.6 Å². The summed E-state index contributed by atoms with van der Waals surface area (Å²) in [6.45, 7) is 4.45. The maximum Gasteiger partial charge on any atom is 0.253 e. The third-order valence-electron chi connectivity index (χ3n) is 4.96. The summed E-state index contributed by atoms with van der Waals surface area (Å²) in [5.41, 5.74) is 0.686. The monoisotopic (exact) mass is 310 g/mol. The Hall–Kier alpha value is -1.13. The van der Waals surface area contributed by atoms with Gasteiger partial charge in [0.2, 0.25) is 0 Å². The lowest BCUT2D eigenvalue weighted by Gasteiger charge is -2.32. The summed E-state index contributed by atoms with van der Waals surface area (Å²) in [6, 6.07) is 2.73.